The molecular weight excluding hydrogens is 220 g/mol. The fourth-order valence-corrected chi connectivity index (χ4v) is 1.26. The van der Waals surface area contributed by atoms with E-state index in [4.69, 9.17) is 9.47 Å². The Bertz CT molecular complexity index is 437. The lowest BCUT2D eigenvalue weighted by atomic mass is 10.1. The summed E-state index contributed by atoms with van der Waals surface area (Å²) in [4.78, 5) is 22.3. The molecule has 1 aromatic carbocycles. The van der Waals surface area contributed by atoms with Crippen LogP contribution in [0, 0.1) is 0 Å². The summed E-state index contributed by atoms with van der Waals surface area (Å²) in [5.74, 6) is 0.795. The minimum Gasteiger partial charge on any atom is -0.493 e. The predicted octanol–water partition coefficient (Wildman–Crippen LogP) is 2.25. The van der Waals surface area contributed by atoms with Crippen molar-refractivity contribution in [3.05, 3.63) is 23.8 Å². The number of carbonyl (C=O) groups is 2. The maximum atomic E-state index is 11.2. The average Bonchev–Trinajstić information content (AvgIpc) is 2.28. The van der Waals surface area contributed by atoms with Crippen molar-refractivity contribution in [2.75, 3.05) is 7.11 Å². The zero-order valence-corrected chi connectivity index (χ0v) is 10.4. The Hall–Kier alpha value is -1.84. The summed E-state index contributed by atoms with van der Waals surface area (Å²) in [7, 11) is 1.49. The van der Waals surface area contributed by atoms with E-state index in [2.05, 4.69) is 0 Å². The third kappa shape index (κ3) is 3.31. The van der Waals surface area contributed by atoms with Gasteiger partial charge in [0.15, 0.2) is 29.2 Å². The van der Waals surface area contributed by atoms with Crippen molar-refractivity contribution in [3.63, 3.8) is 0 Å². The van der Waals surface area contributed by atoms with E-state index in [9.17, 15) is 9.59 Å². The first-order valence-electron chi connectivity index (χ1n) is 5.31. The van der Waals surface area contributed by atoms with Crippen molar-refractivity contribution in [3.8, 4) is 11.5 Å². The van der Waals surface area contributed by atoms with E-state index in [-0.39, 0.29) is 11.6 Å². The Morgan fingerprint density at radius 1 is 1.18 bits per heavy atom. The van der Waals surface area contributed by atoms with Gasteiger partial charge in [0.25, 0.3) is 0 Å². The number of rotatable bonds is 5. The molecule has 1 aromatic rings. The monoisotopic (exact) mass is 236 g/mol. The highest BCUT2D eigenvalue weighted by molar-refractivity contribution is 5.94. The summed E-state index contributed by atoms with van der Waals surface area (Å²) in [6.07, 6.45) is -0.535. The quantitative estimate of drug-likeness (QED) is 0.736. The van der Waals surface area contributed by atoms with Gasteiger partial charge in [0.2, 0.25) is 0 Å². The lowest BCUT2D eigenvalue weighted by Gasteiger charge is -2.15. The molecule has 0 spiro atoms. The van der Waals surface area contributed by atoms with Crippen molar-refractivity contribution >= 4 is 11.6 Å². The van der Waals surface area contributed by atoms with E-state index < -0.39 is 6.10 Å². The van der Waals surface area contributed by atoms with Gasteiger partial charge in [-0.15, -0.1) is 0 Å². The van der Waals surface area contributed by atoms with Gasteiger partial charge in [0.1, 0.15) is 0 Å². The van der Waals surface area contributed by atoms with Gasteiger partial charge >= 0.3 is 0 Å². The average molecular weight is 236 g/mol. The van der Waals surface area contributed by atoms with Crippen LogP contribution in [0.5, 0.6) is 11.5 Å². The number of hydrogen-bond acceptors (Lipinski definition) is 4. The number of methoxy groups -OCH3 is 1. The molecule has 1 rings (SSSR count). The van der Waals surface area contributed by atoms with Gasteiger partial charge in [-0.3, -0.25) is 9.59 Å². The standard InChI is InChI=1S/C13H16O4/c1-8(14)10(3)17-12-6-5-11(9(2)15)7-13(12)16-4/h5-7,10H,1-4H3/t10-/m1/s1. The van der Waals surface area contributed by atoms with Gasteiger partial charge in [-0.05, 0) is 39.0 Å². The van der Waals surface area contributed by atoms with Gasteiger partial charge in [0.05, 0.1) is 7.11 Å². The molecule has 0 heterocycles. The van der Waals surface area contributed by atoms with Crippen molar-refractivity contribution < 1.29 is 19.1 Å². The Balaban J connectivity index is 3.00. The van der Waals surface area contributed by atoms with Gasteiger partial charge in [-0.25, -0.2) is 0 Å². The highest BCUT2D eigenvalue weighted by Crippen LogP contribution is 2.29. The second kappa shape index (κ2) is 5.48. The minimum absolute atomic E-state index is 0.0468. The van der Waals surface area contributed by atoms with Crippen LogP contribution in [-0.4, -0.2) is 24.8 Å². The van der Waals surface area contributed by atoms with Crippen LogP contribution < -0.4 is 9.47 Å². The van der Waals surface area contributed by atoms with Crippen LogP contribution in [0.25, 0.3) is 0 Å². The molecule has 0 unspecified atom stereocenters. The van der Waals surface area contributed by atoms with Crippen LogP contribution in [0.2, 0.25) is 0 Å². The van der Waals surface area contributed by atoms with Gasteiger partial charge in [-0.2, -0.15) is 0 Å². The van der Waals surface area contributed by atoms with E-state index in [0.29, 0.717) is 17.1 Å². The number of Topliss-reactive ketones (excluding diaryl/α,β-unsaturated/α-hetero) is 2. The SMILES string of the molecule is COc1cc(C(C)=O)ccc1O[C@H](C)C(C)=O. The first kappa shape index (κ1) is 13.2. The normalized spacial score (nSPS) is 11.8. The van der Waals surface area contributed by atoms with Crippen LogP contribution in [0.15, 0.2) is 18.2 Å². The maximum absolute atomic E-state index is 11.2. The fourth-order valence-electron chi connectivity index (χ4n) is 1.26. The Morgan fingerprint density at radius 3 is 2.29 bits per heavy atom. The topological polar surface area (TPSA) is 52.6 Å². The number of ether oxygens (including phenoxy) is 2. The largest absolute Gasteiger partial charge is 0.493 e. The molecule has 0 saturated carbocycles. The zero-order valence-electron chi connectivity index (χ0n) is 10.4. The van der Waals surface area contributed by atoms with Crippen molar-refractivity contribution in [1.29, 1.82) is 0 Å². The highest BCUT2D eigenvalue weighted by atomic mass is 16.5. The second-order valence-corrected chi connectivity index (χ2v) is 3.79. The summed E-state index contributed by atoms with van der Waals surface area (Å²) in [6.45, 7) is 4.61. The Morgan fingerprint density at radius 2 is 1.82 bits per heavy atom. The first-order valence-corrected chi connectivity index (χ1v) is 5.31. The van der Waals surface area contributed by atoms with Crippen LogP contribution in [-0.2, 0) is 4.79 Å². The van der Waals surface area contributed by atoms with Crippen molar-refractivity contribution in [2.24, 2.45) is 0 Å². The molecule has 0 amide bonds. The molecule has 0 fully saturated rings. The van der Waals surface area contributed by atoms with Gasteiger partial charge in [0, 0.05) is 5.56 Å². The number of ketones is 2. The molecule has 0 radical (unpaired) electrons. The van der Waals surface area contributed by atoms with E-state index in [1.54, 1.807) is 25.1 Å². The molecule has 0 N–H and O–H groups in total. The van der Waals surface area contributed by atoms with E-state index in [1.807, 2.05) is 0 Å². The molecule has 92 valence electrons. The van der Waals surface area contributed by atoms with E-state index in [0.717, 1.165) is 0 Å². The third-order valence-electron chi connectivity index (χ3n) is 2.45. The van der Waals surface area contributed by atoms with Gasteiger partial charge in [-0.1, -0.05) is 0 Å². The number of benzene rings is 1. The molecule has 17 heavy (non-hydrogen) atoms. The summed E-state index contributed by atoms with van der Waals surface area (Å²) in [5, 5.41) is 0. The van der Waals surface area contributed by atoms with E-state index >= 15 is 0 Å². The first-order chi connectivity index (χ1) is 7.95. The summed E-state index contributed by atoms with van der Waals surface area (Å²) in [5.41, 5.74) is 0.546. The minimum atomic E-state index is -0.535. The van der Waals surface area contributed by atoms with Crippen LogP contribution in [0.1, 0.15) is 31.1 Å². The second-order valence-electron chi connectivity index (χ2n) is 3.79. The summed E-state index contributed by atoms with van der Waals surface area (Å²) >= 11 is 0. The van der Waals surface area contributed by atoms with Crippen molar-refractivity contribution in [2.45, 2.75) is 26.9 Å². The Kier molecular flexibility index (Phi) is 4.26. The summed E-state index contributed by atoms with van der Waals surface area (Å²) in [6, 6.07) is 4.88. The molecule has 4 nitrogen and oxygen atoms in total. The van der Waals surface area contributed by atoms with Crippen LogP contribution in [0.3, 0.4) is 0 Å². The third-order valence-corrected chi connectivity index (χ3v) is 2.45. The molecule has 0 bridgehead atoms. The smallest absolute Gasteiger partial charge is 0.169 e. The Labute approximate surface area is 101 Å². The molecule has 0 saturated heterocycles. The molecule has 0 aliphatic carbocycles. The van der Waals surface area contributed by atoms with E-state index in [1.165, 1.54) is 21.0 Å². The van der Waals surface area contributed by atoms with Gasteiger partial charge < -0.3 is 9.47 Å². The van der Waals surface area contributed by atoms with Crippen molar-refractivity contribution in [1.82, 2.24) is 0 Å². The predicted molar refractivity (Wildman–Crippen MR) is 63.8 cm³/mol. The maximum Gasteiger partial charge on any atom is 0.169 e. The number of carbonyl (C=O) groups excluding carboxylic acids is 2. The molecule has 0 aliphatic heterocycles. The molecule has 1 atom stereocenters. The molecule has 0 aliphatic rings. The molecule has 0 aromatic heterocycles. The molecular formula is C13H16O4. The lowest BCUT2D eigenvalue weighted by molar-refractivity contribution is -0.122. The highest BCUT2D eigenvalue weighted by Gasteiger charge is 2.14. The number of hydrogen-bond donors (Lipinski definition) is 0. The lowest BCUT2D eigenvalue weighted by Crippen LogP contribution is -2.21. The van der Waals surface area contributed by atoms with Crippen LogP contribution in [0.4, 0.5) is 0 Å². The molecule has 4 heteroatoms. The summed E-state index contributed by atoms with van der Waals surface area (Å²) < 4.78 is 10.6. The zero-order chi connectivity index (χ0) is 13.0. The fraction of sp³-hybridized carbons (Fsp3) is 0.385. The van der Waals surface area contributed by atoms with Crippen LogP contribution >= 0.6 is 0 Å².